The lowest BCUT2D eigenvalue weighted by molar-refractivity contribution is 0.0746. The minimum absolute atomic E-state index is 0.0484. The van der Waals surface area contributed by atoms with Crippen LogP contribution in [0.4, 0.5) is 11.4 Å². The van der Waals surface area contributed by atoms with E-state index in [0.717, 1.165) is 5.69 Å². The number of carbonyl (C=O) groups excluding carboxylic acids is 2. The maximum atomic E-state index is 12.7. The highest BCUT2D eigenvalue weighted by Crippen LogP contribution is 2.30. The molecule has 1 fully saturated rings. The van der Waals surface area contributed by atoms with E-state index < -0.39 is 0 Å². The van der Waals surface area contributed by atoms with E-state index in [1.807, 2.05) is 59.5 Å². The molecule has 2 N–H and O–H groups in total. The predicted molar refractivity (Wildman–Crippen MR) is 150 cm³/mol. The summed E-state index contributed by atoms with van der Waals surface area (Å²) in [5, 5.41) is 6.51. The van der Waals surface area contributed by atoms with Crippen molar-refractivity contribution in [2.75, 3.05) is 36.4 Å². The number of piperazine rings is 1. The maximum Gasteiger partial charge on any atom is 0.257 e. The molecule has 0 bridgehead atoms. The molecule has 36 heavy (non-hydrogen) atoms. The first-order valence-electron chi connectivity index (χ1n) is 11.9. The molecule has 0 radical (unpaired) electrons. The number of nitrogens with zero attached hydrogens (tertiary/aromatic N) is 2. The third kappa shape index (κ3) is 6.22. The van der Waals surface area contributed by atoms with Crippen LogP contribution in [0.15, 0.2) is 72.8 Å². The first-order valence-corrected chi connectivity index (χ1v) is 12.7. The lowest BCUT2D eigenvalue weighted by Crippen LogP contribution is -2.48. The molecule has 0 spiro atoms. The van der Waals surface area contributed by atoms with Gasteiger partial charge in [-0.1, -0.05) is 55.8 Å². The minimum Gasteiger partial charge on any atom is -0.367 e. The van der Waals surface area contributed by atoms with Crippen LogP contribution in [0.2, 0.25) is 5.02 Å². The van der Waals surface area contributed by atoms with Gasteiger partial charge in [0, 0.05) is 43.0 Å². The summed E-state index contributed by atoms with van der Waals surface area (Å²) < 4.78 is 0. The van der Waals surface area contributed by atoms with E-state index in [9.17, 15) is 9.59 Å². The number of hydrogen-bond donors (Lipinski definition) is 2. The second kappa shape index (κ2) is 11.5. The number of hydrogen-bond acceptors (Lipinski definition) is 4. The molecule has 3 aromatic carbocycles. The van der Waals surface area contributed by atoms with Crippen LogP contribution >= 0.6 is 23.8 Å². The van der Waals surface area contributed by atoms with Gasteiger partial charge in [-0.05, 0) is 66.2 Å². The minimum atomic E-state index is -0.270. The van der Waals surface area contributed by atoms with Gasteiger partial charge in [0.2, 0.25) is 0 Å². The second-order valence-electron chi connectivity index (χ2n) is 9.00. The molecule has 1 saturated heterocycles. The highest BCUT2D eigenvalue weighted by atomic mass is 35.5. The van der Waals surface area contributed by atoms with Crippen molar-refractivity contribution in [1.82, 2.24) is 10.2 Å². The van der Waals surface area contributed by atoms with Gasteiger partial charge >= 0.3 is 0 Å². The van der Waals surface area contributed by atoms with Crippen LogP contribution in [-0.4, -0.2) is 48.0 Å². The molecular weight excluding hydrogens is 492 g/mol. The number of benzene rings is 3. The fraction of sp³-hybridized carbons (Fsp3) is 0.250. The quantitative estimate of drug-likeness (QED) is 0.432. The van der Waals surface area contributed by atoms with Crippen LogP contribution in [0.1, 0.15) is 46.0 Å². The average Bonchev–Trinajstić information content (AvgIpc) is 2.89. The fourth-order valence-corrected chi connectivity index (χ4v) is 4.62. The Hall–Kier alpha value is -3.42. The number of carbonyl (C=O) groups is 2. The number of amides is 2. The second-order valence-corrected chi connectivity index (χ2v) is 9.81. The monoisotopic (exact) mass is 520 g/mol. The van der Waals surface area contributed by atoms with Crippen molar-refractivity contribution in [1.29, 1.82) is 0 Å². The van der Waals surface area contributed by atoms with Crippen LogP contribution in [-0.2, 0) is 0 Å². The molecule has 8 heteroatoms. The molecule has 0 aliphatic carbocycles. The predicted octanol–water partition coefficient (Wildman–Crippen LogP) is 5.55. The van der Waals surface area contributed by atoms with Gasteiger partial charge in [0.25, 0.3) is 11.8 Å². The van der Waals surface area contributed by atoms with E-state index in [1.54, 1.807) is 18.2 Å². The summed E-state index contributed by atoms with van der Waals surface area (Å²) in [6.07, 6.45) is 0. The molecule has 1 aliphatic rings. The molecule has 1 aliphatic heterocycles. The summed E-state index contributed by atoms with van der Waals surface area (Å²) in [6.45, 7) is 6.84. The van der Waals surface area contributed by atoms with E-state index >= 15 is 0 Å². The van der Waals surface area contributed by atoms with Crippen molar-refractivity contribution in [2.24, 2.45) is 0 Å². The zero-order valence-electron chi connectivity index (χ0n) is 20.3. The molecule has 3 aromatic rings. The number of rotatable bonds is 5. The Bertz CT molecular complexity index is 1240. The molecule has 1 heterocycles. The Kier molecular flexibility index (Phi) is 8.23. The van der Waals surface area contributed by atoms with Gasteiger partial charge in [-0.15, -0.1) is 0 Å². The highest BCUT2D eigenvalue weighted by molar-refractivity contribution is 7.80. The molecule has 186 valence electrons. The summed E-state index contributed by atoms with van der Waals surface area (Å²) in [7, 11) is 0. The fourth-order valence-electron chi connectivity index (χ4n) is 4.11. The van der Waals surface area contributed by atoms with Crippen LogP contribution in [0, 0.1) is 0 Å². The smallest absolute Gasteiger partial charge is 0.257 e. The van der Waals surface area contributed by atoms with Gasteiger partial charge in [-0.2, -0.15) is 0 Å². The standard InChI is InChI=1S/C28H29ClN4O2S/c1-19(2)20-8-10-21(11-9-20)26(34)31-28(36)30-23-12-13-25(24(29)18-23)32-14-16-33(17-15-32)27(35)22-6-4-3-5-7-22/h3-13,18-19H,14-17H2,1-2H3,(H2,30,31,34,36). The lowest BCUT2D eigenvalue weighted by atomic mass is 10.0. The van der Waals surface area contributed by atoms with Crippen LogP contribution in [0.3, 0.4) is 0 Å². The van der Waals surface area contributed by atoms with Gasteiger partial charge < -0.3 is 15.1 Å². The Morgan fingerprint density at radius 3 is 2.17 bits per heavy atom. The molecule has 0 unspecified atom stereocenters. The summed E-state index contributed by atoms with van der Waals surface area (Å²) in [5.74, 6) is 0.180. The first kappa shape index (κ1) is 25.7. The third-order valence-corrected chi connectivity index (χ3v) is 6.71. The van der Waals surface area contributed by atoms with Crippen molar-refractivity contribution in [3.63, 3.8) is 0 Å². The summed E-state index contributed by atoms with van der Waals surface area (Å²) in [5.41, 5.74) is 4.00. The van der Waals surface area contributed by atoms with E-state index in [0.29, 0.717) is 53.9 Å². The largest absolute Gasteiger partial charge is 0.367 e. The SMILES string of the molecule is CC(C)c1ccc(C(=O)NC(=S)Nc2ccc(N3CCN(C(=O)c4ccccc4)CC3)c(Cl)c2)cc1. The van der Waals surface area contributed by atoms with Gasteiger partial charge in [-0.3, -0.25) is 14.9 Å². The van der Waals surface area contributed by atoms with E-state index in [2.05, 4.69) is 29.4 Å². The van der Waals surface area contributed by atoms with Crippen molar-refractivity contribution in [2.45, 2.75) is 19.8 Å². The third-order valence-electron chi connectivity index (χ3n) is 6.20. The normalized spacial score (nSPS) is 13.4. The maximum absolute atomic E-state index is 12.7. The molecule has 4 rings (SSSR count). The summed E-state index contributed by atoms with van der Waals surface area (Å²) in [4.78, 5) is 29.3. The van der Waals surface area contributed by atoms with Crippen molar-refractivity contribution < 1.29 is 9.59 Å². The first-order chi connectivity index (χ1) is 17.3. The molecule has 6 nitrogen and oxygen atoms in total. The van der Waals surface area contributed by atoms with Crippen molar-refractivity contribution in [3.8, 4) is 0 Å². The van der Waals surface area contributed by atoms with Crippen LogP contribution in [0.25, 0.3) is 0 Å². The van der Waals surface area contributed by atoms with E-state index in [-0.39, 0.29) is 16.9 Å². The Balaban J connectivity index is 1.31. The molecule has 0 saturated carbocycles. The Morgan fingerprint density at radius 2 is 1.56 bits per heavy atom. The highest BCUT2D eigenvalue weighted by Gasteiger charge is 2.23. The van der Waals surface area contributed by atoms with E-state index in [4.69, 9.17) is 23.8 Å². The van der Waals surface area contributed by atoms with Gasteiger partial charge in [0.1, 0.15) is 0 Å². The van der Waals surface area contributed by atoms with Gasteiger partial charge in [-0.25, -0.2) is 0 Å². The molecule has 0 atom stereocenters. The Labute approximate surface area is 222 Å². The number of thiocarbonyl (C=S) groups is 1. The lowest BCUT2D eigenvalue weighted by Gasteiger charge is -2.36. The van der Waals surface area contributed by atoms with Gasteiger partial charge in [0.05, 0.1) is 10.7 Å². The number of nitrogens with one attached hydrogen (secondary N) is 2. The summed E-state index contributed by atoms with van der Waals surface area (Å²) >= 11 is 11.9. The molecule has 0 aromatic heterocycles. The zero-order chi connectivity index (χ0) is 25.7. The van der Waals surface area contributed by atoms with Gasteiger partial charge in [0.15, 0.2) is 5.11 Å². The molecule has 2 amide bonds. The number of halogens is 1. The topological polar surface area (TPSA) is 64.7 Å². The zero-order valence-corrected chi connectivity index (χ0v) is 21.9. The van der Waals surface area contributed by atoms with Crippen molar-refractivity contribution in [3.05, 3.63) is 94.5 Å². The summed E-state index contributed by atoms with van der Waals surface area (Å²) in [6, 6.07) is 22.4. The van der Waals surface area contributed by atoms with Crippen molar-refractivity contribution >= 4 is 52.1 Å². The Morgan fingerprint density at radius 1 is 0.889 bits per heavy atom. The molecular formula is C28H29ClN4O2S. The van der Waals surface area contributed by atoms with E-state index in [1.165, 1.54) is 5.56 Å². The van der Waals surface area contributed by atoms with Crippen LogP contribution in [0.5, 0.6) is 0 Å². The van der Waals surface area contributed by atoms with Crippen LogP contribution < -0.4 is 15.5 Å². The average molecular weight is 521 g/mol. The number of anilines is 2.